The van der Waals surface area contributed by atoms with Crippen LogP contribution < -0.4 is 21.3 Å². The summed E-state index contributed by atoms with van der Waals surface area (Å²) in [6.45, 7) is 3.46. The Morgan fingerprint density at radius 1 is 1.03 bits per heavy atom. The molecule has 178 valence electrons. The van der Waals surface area contributed by atoms with E-state index >= 15 is 0 Å². The normalized spacial score (nSPS) is 11.1. The van der Waals surface area contributed by atoms with Gasteiger partial charge in [-0.05, 0) is 42.7 Å². The topological polar surface area (TPSA) is 147 Å². The van der Waals surface area contributed by atoms with Crippen LogP contribution >= 0.6 is 0 Å². The molecule has 1 amide bonds. The Hall–Kier alpha value is -3.92. The van der Waals surface area contributed by atoms with Gasteiger partial charge in [-0.3, -0.25) is 19.7 Å². The molecular formula is C24H27N5O4S. The summed E-state index contributed by atoms with van der Waals surface area (Å²) in [5.41, 5.74) is 8.09. The maximum Gasteiger partial charge on any atom is 0.275 e. The second-order valence-electron chi connectivity index (χ2n) is 7.95. The van der Waals surface area contributed by atoms with Gasteiger partial charge in [0.05, 0.1) is 5.75 Å². The van der Waals surface area contributed by atoms with Crippen molar-refractivity contribution in [3.05, 3.63) is 99.0 Å². The largest absolute Gasteiger partial charge is 0.384 e. The summed E-state index contributed by atoms with van der Waals surface area (Å²) in [5.74, 6) is -0.712. The minimum absolute atomic E-state index is 0.0418. The molecule has 0 aliphatic carbocycles. The van der Waals surface area contributed by atoms with E-state index in [4.69, 9.17) is 11.1 Å². The number of carbonyl (C=O) groups is 1. The highest BCUT2D eigenvalue weighted by Crippen LogP contribution is 2.14. The predicted molar refractivity (Wildman–Crippen MR) is 132 cm³/mol. The van der Waals surface area contributed by atoms with E-state index < -0.39 is 21.5 Å². The van der Waals surface area contributed by atoms with Crippen LogP contribution in [0.4, 0.5) is 5.69 Å². The number of nitrogens with zero attached hydrogens (tertiary/aromatic N) is 1. The number of nitrogens with two attached hydrogens (primary N) is 1. The van der Waals surface area contributed by atoms with Crippen LogP contribution in [-0.2, 0) is 33.7 Å². The molecule has 9 nitrogen and oxygen atoms in total. The van der Waals surface area contributed by atoms with E-state index in [1.54, 1.807) is 49.4 Å². The van der Waals surface area contributed by atoms with Gasteiger partial charge in [0.1, 0.15) is 18.1 Å². The molecule has 0 aliphatic heterocycles. The van der Waals surface area contributed by atoms with Crippen molar-refractivity contribution >= 4 is 27.5 Å². The Labute approximate surface area is 198 Å². The lowest BCUT2D eigenvalue weighted by Gasteiger charge is -2.14. The highest BCUT2D eigenvalue weighted by atomic mass is 32.2. The average molecular weight is 482 g/mol. The maximum absolute atomic E-state index is 12.9. The second-order valence-corrected chi connectivity index (χ2v) is 9.68. The van der Waals surface area contributed by atoms with E-state index in [-0.39, 0.29) is 30.4 Å². The van der Waals surface area contributed by atoms with Gasteiger partial charge < -0.3 is 15.6 Å². The first kappa shape index (κ1) is 24.7. The third-order valence-corrected chi connectivity index (χ3v) is 6.54. The predicted octanol–water partition coefficient (Wildman–Crippen LogP) is 2.01. The summed E-state index contributed by atoms with van der Waals surface area (Å²) in [7, 11) is -3.83. The number of nitrogen functional groups attached to an aromatic ring is 1. The number of amides is 1. The van der Waals surface area contributed by atoms with Crippen molar-refractivity contribution in [3.63, 3.8) is 0 Å². The fourth-order valence-electron chi connectivity index (χ4n) is 3.33. The zero-order valence-corrected chi connectivity index (χ0v) is 19.8. The van der Waals surface area contributed by atoms with E-state index in [0.717, 1.165) is 11.1 Å². The van der Waals surface area contributed by atoms with E-state index in [0.29, 0.717) is 16.8 Å². The number of hydrogen-bond acceptors (Lipinski definition) is 5. The smallest absolute Gasteiger partial charge is 0.275 e. The first-order valence-corrected chi connectivity index (χ1v) is 12.2. The SMILES string of the molecule is Cc1ccccc1CS(=O)(=O)Nc1ccc(C)n(CC(=O)NCc2ccc(C(=N)N)cc2)c1=O. The zero-order valence-electron chi connectivity index (χ0n) is 19.0. The van der Waals surface area contributed by atoms with Crippen molar-refractivity contribution in [2.75, 3.05) is 4.72 Å². The molecule has 5 N–H and O–H groups in total. The Morgan fingerprint density at radius 2 is 1.71 bits per heavy atom. The lowest BCUT2D eigenvalue weighted by Crippen LogP contribution is -2.34. The number of anilines is 1. The number of pyridine rings is 1. The van der Waals surface area contributed by atoms with Crippen molar-refractivity contribution in [2.45, 2.75) is 32.7 Å². The summed E-state index contributed by atoms with van der Waals surface area (Å²) in [6, 6.07) is 17.0. The Morgan fingerprint density at radius 3 is 2.35 bits per heavy atom. The van der Waals surface area contributed by atoms with Gasteiger partial charge in [-0.2, -0.15) is 0 Å². The third kappa shape index (κ3) is 6.32. The molecule has 0 aliphatic rings. The van der Waals surface area contributed by atoms with E-state index in [1.807, 2.05) is 19.1 Å². The number of aryl methyl sites for hydroxylation is 2. The van der Waals surface area contributed by atoms with Crippen molar-refractivity contribution in [1.82, 2.24) is 9.88 Å². The fourth-order valence-corrected chi connectivity index (χ4v) is 4.62. The van der Waals surface area contributed by atoms with E-state index in [9.17, 15) is 18.0 Å². The van der Waals surface area contributed by atoms with Crippen molar-refractivity contribution in [2.24, 2.45) is 5.73 Å². The molecule has 0 unspecified atom stereocenters. The van der Waals surface area contributed by atoms with Gasteiger partial charge in [0.25, 0.3) is 5.56 Å². The van der Waals surface area contributed by atoms with Gasteiger partial charge in [-0.25, -0.2) is 8.42 Å². The number of sulfonamides is 1. The highest BCUT2D eigenvalue weighted by Gasteiger charge is 2.17. The molecular weight excluding hydrogens is 454 g/mol. The summed E-state index contributed by atoms with van der Waals surface area (Å²) in [5, 5.41) is 10.1. The molecule has 3 rings (SSSR count). The Bertz CT molecular complexity index is 1380. The van der Waals surface area contributed by atoms with Gasteiger partial charge >= 0.3 is 0 Å². The standard InChI is InChI=1S/C24H27N5O4S/c1-16-5-3-4-6-20(16)15-34(32,33)28-21-12-7-17(2)29(24(21)31)14-22(30)27-13-18-8-10-19(11-9-18)23(25)26/h3-12,28H,13-15H2,1-2H3,(H3,25,26)(H,27,30). The van der Waals surface area contributed by atoms with Crippen LogP contribution in [-0.4, -0.2) is 24.7 Å². The van der Waals surface area contributed by atoms with Crippen molar-refractivity contribution in [3.8, 4) is 0 Å². The number of rotatable bonds is 9. The number of aromatic nitrogens is 1. The number of amidine groups is 1. The highest BCUT2D eigenvalue weighted by molar-refractivity contribution is 7.91. The molecule has 10 heteroatoms. The second kappa shape index (κ2) is 10.3. The first-order chi connectivity index (χ1) is 16.1. The molecule has 2 aromatic carbocycles. The number of nitrogens with one attached hydrogen (secondary N) is 3. The number of benzene rings is 2. The summed E-state index contributed by atoms with van der Waals surface area (Å²) in [6.07, 6.45) is 0. The molecule has 0 atom stereocenters. The molecule has 0 bridgehead atoms. The zero-order chi connectivity index (χ0) is 24.9. The maximum atomic E-state index is 12.9. The van der Waals surface area contributed by atoms with Gasteiger partial charge in [0.2, 0.25) is 15.9 Å². The van der Waals surface area contributed by atoms with Crippen molar-refractivity contribution < 1.29 is 13.2 Å². The summed E-state index contributed by atoms with van der Waals surface area (Å²) in [4.78, 5) is 25.4. The average Bonchev–Trinajstić information content (AvgIpc) is 2.79. The number of carbonyl (C=O) groups excluding carboxylic acids is 1. The lowest BCUT2D eigenvalue weighted by molar-refractivity contribution is -0.121. The molecule has 0 saturated heterocycles. The van der Waals surface area contributed by atoms with Crippen LogP contribution in [0.1, 0.15) is 27.9 Å². The van der Waals surface area contributed by atoms with Crippen LogP contribution in [0.15, 0.2) is 65.5 Å². The molecule has 0 radical (unpaired) electrons. The first-order valence-electron chi connectivity index (χ1n) is 10.5. The molecule has 3 aromatic rings. The van der Waals surface area contributed by atoms with E-state index in [2.05, 4.69) is 10.0 Å². The molecule has 0 spiro atoms. The van der Waals surface area contributed by atoms with Crippen molar-refractivity contribution in [1.29, 1.82) is 5.41 Å². The quantitative estimate of drug-likeness (QED) is 0.273. The summed E-state index contributed by atoms with van der Waals surface area (Å²) >= 11 is 0. The van der Waals surface area contributed by atoms with Gasteiger partial charge in [0, 0.05) is 17.8 Å². The molecule has 0 saturated carbocycles. The van der Waals surface area contributed by atoms with Crippen LogP contribution in [0, 0.1) is 19.3 Å². The van der Waals surface area contributed by atoms with Crippen LogP contribution in [0.3, 0.4) is 0 Å². The monoisotopic (exact) mass is 481 g/mol. The Balaban J connectivity index is 1.69. The minimum Gasteiger partial charge on any atom is -0.384 e. The molecule has 1 heterocycles. The Kier molecular flexibility index (Phi) is 7.52. The molecule has 34 heavy (non-hydrogen) atoms. The van der Waals surface area contributed by atoms with Crippen LogP contribution in [0.2, 0.25) is 0 Å². The van der Waals surface area contributed by atoms with Gasteiger partial charge in [-0.1, -0.05) is 48.5 Å². The minimum atomic E-state index is -3.83. The fraction of sp³-hybridized carbons (Fsp3) is 0.208. The van der Waals surface area contributed by atoms with E-state index in [1.165, 1.54) is 10.6 Å². The third-order valence-electron chi connectivity index (χ3n) is 5.32. The summed E-state index contributed by atoms with van der Waals surface area (Å²) < 4.78 is 28.9. The molecule has 1 aromatic heterocycles. The number of hydrogen-bond donors (Lipinski definition) is 4. The van der Waals surface area contributed by atoms with Crippen LogP contribution in [0.5, 0.6) is 0 Å². The van der Waals surface area contributed by atoms with Crippen LogP contribution in [0.25, 0.3) is 0 Å². The lowest BCUT2D eigenvalue weighted by atomic mass is 10.1. The van der Waals surface area contributed by atoms with Gasteiger partial charge in [0.15, 0.2) is 0 Å². The molecule has 0 fully saturated rings. The van der Waals surface area contributed by atoms with Gasteiger partial charge in [-0.15, -0.1) is 0 Å².